The lowest BCUT2D eigenvalue weighted by Crippen LogP contribution is -2.49. The van der Waals surface area contributed by atoms with Crippen LogP contribution in [0, 0.1) is 5.92 Å². The molecule has 2 fully saturated rings. The minimum absolute atomic E-state index is 0.0199. The number of amides is 2. The van der Waals surface area contributed by atoms with Gasteiger partial charge in [-0.3, -0.25) is 14.5 Å². The van der Waals surface area contributed by atoms with Gasteiger partial charge in [-0.25, -0.2) is 4.79 Å². The molecule has 10 heteroatoms. The van der Waals surface area contributed by atoms with E-state index in [2.05, 4.69) is 16.7 Å². The standard InChI is InChI=1S/C30H36F3N3O4/c1-21-8-7-17-35(20-21)25-15-18-34(19-16-25)26(37)22-11-13-23(14-12-22)27(38)36(40-28(39)30(31,32)33)29(2,3)24-9-5-4-6-10-24/h4-6,9-14,21,25H,7-8,15-20H2,1-3H3. The van der Waals surface area contributed by atoms with Gasteiger partial charge in [-0.1, -0.05) is 37.3 Å². The van der Waals surface area contributed by atoms with E-state index in [9.17, 15) is 27.6 Å². The molecule has 0 spiro atoms. The molecule has 1 unspecified atom stereocenters. The number of carbonyl (C=O) groups excluding carboxylic acids is 3. The second-order valence-electron chi connectivity index (χ2n) is 11.2. The molecule has 40 heavy (non-hydrogen) atoms. The number of nitrogens with zero attached hydrogens (tertiary/aromatic N) is 3. The summed E-state index contributed by atoms with van der Waals surface area (Å²) in [6.07, 6.45) is -1.01. The van der Waals surface area contributed by atoms with Crippen LogP contribution in [0.4, 0.5) is 13.2 Å². The van der Waals surface area contributed by atoms with Crippen molar-refractivity contribution in [2.24, 2.45) is 5.92 Å². The second kappa shape index (κ2) is 12.0. The number of hydrogen-bond acceptors (Lipinski definition) is 5. The van der Waals surface area contributed by atoms with Gasteiger partial charge < -0.3 is 9.74 Å². The zero-order valence-corrected chi connectivity index (χ0v) is 23.1. The Labute approximate surface area is 232 Å². The van der Waals surface area contributed by atoms with Crippen LogP contribution in [0.3, 0.4) is 0 Å². The van der Waals surface area contributed by atoms with Crippen molar-refractivity contribution in [2.75, 3.05) is 26.2 Å². The number of likely N-dealkylation sites (tertiary alicyclic amines) is 2. The first-order valence-electron chi connectivity index (χ1n) is 13.7. The van der Waals surface area contributed by atoms with Crippen molar-refractivity contribution in [3.8, 4) is 0 Å². The summed E-state index contributed by atoms with van der Waals surface area (Å²) in [6.45, 7) is 8.73. The van der Waals surface area contributed by atoms with Gasteiger partial charge in [0, 0.05) is 36.8 Å². The van der Waals surface area contributed by atoms with Gasteiger partial charge in [0.05, 0.1) is 0 Å². The van der Waals surface area contributed by atoms with Gasteiger partial charge >= 0.3 is 12.1 Å². The van der Waals surface area contributed by atoms with Crippen LogP contribution in [-0.4, -0.2) is 71.0 Å². The molecule has 2 aliphatic heterocycles. The maximum Gasteiger partial charge on any atom is 0.493 e. The summed E-state index contributed by atoms with van der Waals surface area (Å²) in [7, 11) is 0. The SMILES string of the molecule is CC1CCCN(C2CCN(C(=O)c3ccc(C(=O)N(OC(=O)C(F)(F)F)C(C)(C)c4ccccc4)cc3)CC2)C1. The Balaban J connectivity index is 1.46. The lowest BCUT2D eigenvalue weighted by Gasteiger charge is -2.41. The summed E-state index contributed by atoms with van der Waals surface area (Å²) in [6, 6.07) is 14.5. The summed E-state index contributed by atoms with van der Waals surface area (Å²) >= 11 is 0. The van der Waals surface area contributed by atoms with Crippen LogP contribution in [0.25, 0.3) is 0 Å². The van der Waals surface area contributed by atoms with E-state index in [4.69, 9.17) is 0 Å². The fourth-order valence-electron chi connectivity index (χ4n) is 5.55. The van der Waals surface area contributed by atoms with Crippen LogP contribution >= 0.6 is 0 Å². The number of hydrogen-bond donors (Lipinski definition) is 0. The summed E-state index contributed by atoms with van der Waals surface area (Å²) in [5.41, 5.74) is -0.603. The predicted molar refractivity (Wildman–Crippen MR) is 143 cm³/mol. The van der Waals surface area contributed by atoms with E-state index in [0.717, 1.165) is 25.9 Å². The number of piperidine rings is 2. The number of hydroxylamine groups is 2. The molecule has 1 atom stereocenters. The van der Waals surface area contributed by atoms with Crippen molar-refractivity contribution in [1.29, 1.82) is 0 Å². The molecule has 0 N–H and O–H groups in total. The van der Waals surface area contributed by atoms with E-state index < -0.39 is 23.6 Å². The number of carbonyl (C=O) groups is 3. The van der Waals surface area contributed by atoms with Crippen LogP contribution in [0.15, 0.2) is 54.6 Å². The van der Waals surface area contributed by atoms with Crippen LogP contribution < -0.4 is 0 Å². The van der Waals surface area contributed by atoms with E-state index in [1.165, 1.54) is 51.0 Å². The Hall–Kier alpha value is -3.40. The van der Waals surface area contributed by atoms with E-state index in [1.807, 2.05) is 0 Å². The fraction of sp³-hybridized carbons (Fsp3) is 0.500. The maximum atomic E-state index is 13.4. The molecule has 2 heterocycles. The first-order valence-corrected chi connectivity index (χ1v) is 13.7. The van der Waals surface area contributed by atoms with Gasteiger partial charge in [0.25, 0.3) is 11.8 Å². The molecule has 4 rings (SSSR count). The molecule has 2 saturated heterocycles. The molecule has 7 nitrogen and oxygen atoms in total. The molecule has 216 valence electrons. The number of halogens is 3. The van der Waals surface area contributed by atoms with Gasteiger partial charge in [0.15, 0.2) is 0 Å². The van der Waals surface area contributed by atoms with Crippen molar-refractivity contribution >= 4 is 17.8 Å². The van der Waals surface area contributed by atoms with Crippen molar-refractivity contribution in [3.63, 3.8) is 0 Å². The third-order valence-corrected chi connectivity index (χ3v) is 7.91. The van der Waals surface area contributed by atoms with Crippen LogP contribution in [0.5, 0.6) is 0 Å². The fourth-order valence-corrected chi connectivity index (χ4v) is 5.55. The van der Waals surface area contributed by atoms with Gasteiger partial charge in [0.2, 0.25) is 0 Å². The average Bonchev–Trinajstić information content (AvgIpc) is 2.95. The van der Waals surface area contributed by atoms with Crippen LogP contribution in [-0.2, 0) is 15.2 Å². The lowest BCUT2D eigenvalue weighted by molar-refractivity contribution is -0.242. The molecular formula is C30H36F3N3O4. The van der Waals surface area contributed by atoms with Crippen molar-refractivity contribution < 1.29 is 32.4 Å². The molecule has 2 aliphatic rings. The van der Waals surface area contributed by atoms with E-state index in [-0.39, 0.29) is 11.5 Å². The molecule has 0 saturated carbocycles. The monoisotopic (exact) mass is 559 g/mol. The average molecular weight is 560 g/mol. The van der Waals surface area contributed by atoms with E-state index in [1.54, 1.807) is 35.2 Å². The molecule has 2 aromatic carbocycles. The highest BCUT2D eigenvalue weighted by molar-refractivity contribution is 5.98. The van der Waals surface area contributed by atoms with E-state index >= 15 is 0 Å². The largest absolute Gasteiger partial charge is 0.493 e. The molecule has 2 aromatic rings. The Morgan fingerprint density at radius 3 is 2.05 bits per heavy atom. The Morgan fingerprint density at radius 1 is 0.875 bits per heavy atom. The van der Waals surface area contributed by atoms with Crippen molar-refractivity contribution in [1.82, 2.24) is 14.9 Å². The van der Waals surface area contributed by atoms with Gasteiger partial charge in [0.1, 0.15) is 5.54 Å². The topological polar surface area (TPSA) is 70.2 Å². The minimum atomic E-state index is -5.29. The highest BCUT2D eigenvalue weighted by Crippen LogP contribution is 2.32. The van der Waals surface area contributed by atoms with Gasteiger partial charge in [-0.2, -0.15) is 18.2 Å². The van der Waals surface area contributed by atoms with Crippen molar-refractivity contribution in [2.45, 2.75) is 64.2 Å². The minimum Gasteiger partial charge on any atom is -0.339 e. The highest BCUT2D eigenvalue weighted by atomic mass is 19.4. The molecule has 0 radical (unpaired) electrons. The van der Waals surface area contributed by atoms with Gasteiger partial charge in [-0.15, -0.1) is 0 Å². The smallest absolute Gasteiger partial charge is 0.339 e. The molecule has 0 bridgehead atoms. The Bertz CT molecular complexity index is 1190. The van der Waals surface area contributed by atoms with Crippen molar-refractivity contribution in [3.05, 3.63) is 71.3 Å². The molecule has 2 amide bonds. The number of rotatable bonds is 5. The normalized spacial score (nSPS) is 19.2. The Morgan fingerprint density at radius 2 is 1.48 bits per heavy atom. The maximum absolute atomic E-state index is 13.4. The zero-order valence-electron chi connectivity index (χ0n) is 23.1. The third kappa shape index (κ3) is 6.66. The Kier molecular flexibility index (Phi) is 8.87. The number of benzene rings is 2. The second-order valence-corrected chi connectivity index (χ2v) is 11.2. The predicted octanol–water partition coefficient (Wildman–Crippen LogP) is 5.42. The van der Waals surface area contributed by atoms with Crippen LogP contribution in [0.2, 0.25) is 0 Å². The first-order chi connectivity index (χ1) is 18.9. The number of alkyl halides is 3. The van der Waals surface area contributed by atoms with Crippen LogP contribution in [0.1, 0.15) is 72.7 Å². The molecular weight excluding hydrogens is 523 g/mol. The highest BCUT2D eigenvalue weighted by Gasteiger charge is 2.46. The third-order valence-electron chi connectivity index (χ3n) is 7.91. The summed E-state index contributed by atoms with van der Waals surface area (Å²) in [5.74, 6) is -2.91. The zero-order chi connectivity index (χ0) is 29.1. The lowest BCUT2D eigenvalue weighted by atomic mass is 9.93. The molecule has 0 aliphatic carbocycles. The summed E-state index contributed by atoms with van der Waals surface area (Å²) in [4.78, 5) is 47.3. The summed E-state index contributed by atoms with van der Waals surface area (Å²) in [5, 5.41) is 0.446. The molecule has 0 aromatic heterocycles. The summed E-state index contributed by atoms with van der Waals surface area (Å²) < 4.78 is 39.2. The quantitative estimate of drug-likeness (QED) is 0.458. The van der Waals surface area contributed by atoms with E-state index in [0.29, 0.717) is 41.2 Å². The van der Waals surface area contributed by atoms with Gasteiger partial charge in [-0.05, 0) is 81.8 Å². The first kappa shape index (κ1) is 29.6.